The minimum atomic E-state index is 0.0497. The molecule has 1 nitrogen and oxygen atoms in total. The van der Waals surface area contributed by atoms with Crippen LogP contribution in [0.25, 0.3) is 0 Å². The van der Waals surface area contributed by atoms with E-state index in [0.29, 0.717) is 11.3 Å². The second-order valence-electron chi connectivity index (χ2n) is 5.58. The largest absolute Gasteiger partial charge is 0.393 e. The molecule has 0 bridgehead atoms. The lowest BCUT2D eigenvalue weighted by Crippen LogP contribution is -2.38. The molecule has 0 aliphatic heterocycles. The van der Waals surface area contributed by atoms with Crippen molar-refractivity contribution in [1.29, 1.82) is 0 Å². The molecule has 0 radical (unpaired) electrons. The quantitative estimate of drug-likeness (QED) is 0.672. The van der Waals surface area contributed by atoms with E-state index in [1.807, 2.05) is 0 Å². The van der Waals surface area contributed by atoms with Crippen LogP contribution in [-0.2, 0) is 0 Å². The summed E-state index contributed by atoms with van der Waals surface area (Å²) >= 11 is 0. The van der Waals surface area contributed by atoms with Gasteiger partial charge in [-0.25, -0.2) is 0 Å². The summed E-state index contributed by atoms with van der Waals surface area (Å²) in [6.45, 7) is 4.70. The van der Waals surface area contributed by atoms with Crippen molar-refractivity contribution in [3.05, 3.63) is 0 Å². The first kappa shape index (κ1) is 8.55. The van der Waals surface area contributed by atoms with Gasteiger partial charge in [0.15, 0.2) is 0 Å². The first-order chi connectivity index (χ1) is 5.57. The topological polar surface area (TPSA) is 20.2 Å². The van der Waals surface area contributed by atoms with Crippen LogP contribution in [0, 0.1) is 17.3 Å². The van der Waals surface area contributed by atoms with Gasteiger partial charge in [0.25, 0.3) is 0 Å². The molecule has 2 atom stereocenters. The van der Waals surface area contributed by atoms with Gasteiger partial charge in [0.1, 0.15) is 0 Å². The van der Waals surface area contributed by atoms with Gasteiger partial charge >= 0.3 is 0 Å². The third-order valence-electron chi connectivity index (χ3n) is 3.70. The number of aliphatic hydroxyl groups is 1. The second-order valence-corrected chi connectivity index (χ2v) is 5.58. The summed E-state index contributed by atoms with van der Waals surface area (Å²) in [4.78, 5) is 0. The number of hydrogen-bond donors (Lipinski definition) is 1. The highest BCUT2D eigenvalue weighted by atomic mass is 16.3. The molecule has 2 aliphatic rings. The summed E-state index contributed by atoms with van der Waals surface area (Å²) in [5.41, 5.74) is 0.610. The average molecular weight is 168 g/mol. The zero-order valence-electron chi connectivity index (χ0n) is 8.21. The predicted octanol–water partition coefficient (Wildman–Crippen LogP) is 2.58. The van der Waals surface area contributed by atoms with E-state index in [0.717, 1.165) is 12.3 Å². The molecule has 0 spiro atoms. The van der Waals surface area contributed by atoms with Crippen molar-refractivity contribution in [2.24, 2.45) is 17.3 Å². The summed E-state index contributed by atoms with van der Waals surface area (Å²) in [7, 11) is 0. The van der Waals surface area contributed by atoms with Crippen molar-refractivity contribution in [1.82, 2.24) is 0 Å². The Morgan fingerprint density at radius 3 is 2.25 bits per heavy atom. The van der Waals surface area contributed by atoms with Gasteiger partial charge in [0.05, 0.1) is 6.10 Å². The van der Waals surface area contributed by atoms with Crippen LogP contribution in [0.2, 0.25) is 0 Å². The molecule has 12 heavy (non-hydrogen) atoms. The van der Waals surface area contributed by atoms with Crippen molar-refractivity contribution in [2.45, 2.75) is 52.1 Å². The molecule has 1 heteroatoms. The van der Waals surface area contributed by atoms with Gasteiger partial charge in [-0.05, 0) is 49.4 Å². The Bertz CT molecular complexity index is 166. The van der Waals surface area contributed by atoms with Gasteiger partial charge in [-0.2, -0.15) is 0 Å². The highest BCUT2D eigenvalue weighted by Gasteiger charge is 2.39. The van der Waals surface area contributed by atoms with E-state index in [1.165, 1.54) is 25.7 Å². The molecule has 70 valence electrons. The third kappa shape index (κ3) is 1.52. The van der Waals surface area contributed by atoms with Crippen molar-refractivity contribution in [2.75, 3.05) is 0 Å². The first-order valence-electron chi connectivity index (χ1n) is 5.25. The zero-order valence-corrected chi connectivity index (χ0v) is 8.21. The molecule has 2 saturated carbocycles. The standard InChI is InChI=1S/C11H20O/c1-11(2)6-8(7-11)5-9-3-4-10(9)12/h8-10,12H,3-7H2,1-2H3. The number of rotatable bonds is 2. The van der Waals surface area contributed by atoms with Crippen LogP contribution in [0.1, 0.15) is 46.0 Å². The van der Waals surface area contributed by atoms with Crippen LogP contribution in [-0.4, -0.2) is 11.2 Å². The highest BCUT2D eigenvalue weighted by molar-refractivity contribution is 4.91. The summed E-state index contributed by atoms with van der Waals surface area (Å²) < 4.78 is 0. The summed E-state index contributed by atoms with van der Waals surface area (Å²) in [5, 5.41) is 9.41. The van der Waals surface area contributed by atoms with E-state index in [2.05, 4.69) is 13.8 Å². The number of hydrogen-bond acceptors (Lipinski definition) is 1. The fraction of sp³-hybridized carbons (Fsp3) is 1.00. The molecule has 1 N–H and O–H groups in total. The van der Waals surface area contributed by atoms with Crippen molar-refractivity contribution >= 4 is 0 Å². The second kappa shape index (κ2) is 2.73. The molecule has 0 saturated heterocycles. The van der Waals surface area contributed by atoms with Crippen LogP contribution in [0.15, 0.2) is 0 Å². The smallest absolute Gasteiger partial charge is 0.0568 e. The number of aliphatic hydroxyl groups excluding tert-OH is 1. The van der Waals surface area contributed by atoms with Gasteiger partial charge in [-0.3, -0.25) is 0 Å². The van der Waals surface area contributed by atoms with Crippen LogP contribution < -0.4 is 0 Å². The molecule has 2 aliphatic carbocycles. The van der Waals surface area contributed by atoms with Crippen LogP contribution in [0.5, 0.6) is 0 Å². The predicted molar refractivity (Wildman–Crippen MR) is 49.9 cm³/mol. The molecule has 0 aromatic rings. The van der Waals surface area contributed by atoms with Crippen LogP contribution >= 0.6 is 0 Å². The maximum absolute atomic E-state index is 9.41. The van der Waals surface area contributed by atoms with E-state index in [-0.39, 0.29) is 6.10 Å². The lowest BCUT2D eigenvalue weighted by molar-refractivity contribution is -0.0173. The Morgan fingerprint density at radius 1 is 1.25 bits per heavy atom. The summed E-state index contributed by atoms with van der Waals surface area (Å²) in [5.74, 6) is 1.59. The Labute approximate surface area is 75.2 Å². The van der Waals surface area contributed by atoms with E-state index in [9.17, 15) is 5.11 Å². The highest BCUT2D eigenvalue weighted by Crippen LogP contribution is 2.49. The zero-order chi connectivity index (χ0) is 8.77. The summed E-state index contributed by atoms with van der Waals surface area (Å²) in [6, 6.07) is 0. The maximum Gasteiger partial charge on any atom is 0.0568 e. The van der Waals surface area contributed by atoms with E-state index < -0.39 is 0 Å². The van der Waals surface area contributed by atoms with E-state index in [1.54, 1.807) is 0 Å². The molecule has 2 fully saturated rings. The van der Waals surface area contributed by atoms with Gasteiger partial charge in [-0.1, -0.05) is 13.8 Å². The van der Waals surface area contributed by atoms with E-state index >= 15 is 0 Å². The van der Waals surface area contributed by atoms with Gasteiger partial charge < -0.3 is 5.11 Å². The third-order valence-corrected chi connectivity index (χ3v) is 3.70. The van der Waals surface area contributed by atoms with Crippen molar-refractivity contribution < 1.29 is 5.11 Å². The minimum absolute atomic E-state index is 0.0497. The van der Waals surface area contributed by atoms with Gasteiger partial charge in [0.2, 0.25) is 0 Å². The Hall–Kier alpha value is -0.0400. The van der Waals surface area contributed by atoms with Gasteiger partial charge in [0, 0.05) is 0 Å². The molecular weight excluding hydrogens is 148 g/mol. The lowest BCUT2D eigenvalue weighted by Gasteiger charge is -2.46. The Morgan fingerprint density at radius 2 is 1.92 bits per heavy atom. The summed E-state index contributed by atoms with van der Waals surface area (Å²) in [6.07, 6.45) is 6.45. The Balaban J connectivity index is 1.69. The Kier molecular flexibility index (Phi) is 1.95. The van der Waals surface area contributed by atoms with Crippen LogP contribution in [0.3, 0.4) is 0 Å². The maximum atomic E-state index is 9.41. The first-order valence-corrected chi connectivity index (χ1v) is 5.25. The molecular formula is C11H20O. The lowest BCUT2D eigenvalue weighted by atomic mass is 9.60. The fourth-order valence-electron chi connectivity index (χ4n) is 2.92. The molecule has 2 unspecified atom stereocenters. The normalized spacial score (nSPS) is 40.2. The monoisotopic (exact) mass is 168 g/mol. The molecule has 0 aromatic carbocycles. The van der Waals surface area contributed by atoms with E-state index in [4.69, 9.17) is 0 Å². The SMILES string of the molecule is CC1(C)CC(CC2CCC2O)C1. The van der Waals surface area contributed by atoms with Crippen molar-refractivity contribution in [3.8, 4) is 0 Å². The molecule has 0 aromatic heterocycles. The van der Waals surface area contributed by atoms with Crippen molar-refractivity contribution in [3.63, 3.8) is 0 Å². The minimum Gasteiger partial charge on any atom is -0.393 e. The molecule has 0 amide bonds. The van der Waals surface area contributed by atoms with Gasteiger partial charge in [-0.15, -0.1) is 0 Å². The molecule has 2 rings (SSSR count). The fourth-order valence-corrected chi connectivity index (χ4v) is 2.92. The molecule has 0 heterocycles. The van der Waals surface area contributed by atoms with Crippen LogP contribution in [0.4, 0.5) is 0 Å². The average Bonchev–Trinajstić information content (AvgIpc) is 1.93.